The van der Waals surface area contributed by atoms with E-state index in [-0.39, 0.29) is 0 Å². The van der Waals surface area contributed by atoms with Crippen molar-refractivity contribution in [1.29, 1.82) is 0 Å². The molecule has 0 fully saturated rings. The second kappa shape index (κ2) is 6.61. The molecule has 0 bridgehead atoms. The average Bonchev–Trinajstić information content (AvgIpc) is 2.77. The molecule has 1 heterocycles. The SMILES string of the molecule is Cc1cc(C)c(N2c3c(ccc4ccccc34)Oc3ccc4ccccc4c32)c(C)c1. The Kier molecular flexibility index (Phi) is 3.85. The first-order valence-electron chi connectivity index (χ1n) is 10.7. The fraction of sp³-hybridized carbons (Fsp3) is 0.103. The van der Waals surface area contributed by atoms with Gasteiger partial charge in [-0.05, 0) is 54.8 Å². The standard InChI is InChI=1S/C29H23NO/c1-18-16-19(2)27(20(3)17-18)30-28-23-10-6-4-8-21(23)12-14-25(28)31-26-15-13-22-9-5-7-11-24(22)29(26)30/h4-17H,1-3H3. The molecule has 0 amide bonds. The van der Waals surface area contributed by atoms with E-state index in [0.29, 0.717) is 0 Å². The number of anilines is 3. The minimum Gasteiger partial charge on any atom is -0.453 e. The number of aryl methyl sites for hydroxylation is 3. The van der Waals surface area contributed by atoms with E-state index in [1.165, 1.54) is 43.9 Å². The number of benzene rings is 5. The zero-order chi connectivity index (χ0) is 21.1. The van der Waals surface area contributed by atoms with E-state index in [1.807, 2.05) is 0 Å². The van der Waals surface area contributed by atoms with Crippen LogP contribution in [0.25, 0.3) is 21.5 Å². The molecule has 5 aromatic carbocycles. The van der Waals surface area contributed by atoms with Crippen LogP contribution in [0.4, 0.5) is 17.1 Å². The predicted molar refractivity (Wildman–Crippen MR) is 130 cm³/mol. The second-order valence-electron chi connectivity index (χ2n) is 8.45. The van der Waals surface area contributed by atoms with Gasteiger partial charge in [0.25, 0.3) is 0 Å². The molecule has 0 saturated heterocycles. The Morgan fingerprint density at radius 1 is 0.548 bits per heavy atom. The van der Waals surface area contributed by atoms with Gasteiger partial charge in [0.15, 0.2) is 11.5 Å². The molecule has 0 spiro atoms. The third-order valence-electron chi connectivity index (χ3n) is 6.25. The molecule has 2 nitrogen and oxygen atoms in total. The van der Waals surface area contributed by atoms with Crippen LogP contribution >= 0.6 is 0 Å². The summed E-state index contributed by atoms with van der Waals surface area (Å²) in [5.41, 5.74) is 7.25. The molecule has 2 heteroatoms. The number of hydrogen-bond acceptors (Lipinski definition) is 2. The second-order valence-corrected chi connectivity index (χ2v) is 8.45. The Balaban J connectivity index is 1.79. The lowest BCUT2D eigenvalue weighted by atomic mass is 9.97. The highest BCUT2D eigenvalue weighted by atomic mass is 16.5. The van der Waals surface area contributed by atoms with Crippen LogP contribution in [0.5, 0.6) is 11.5 Å². The van der Waals surface area contributed by atoms with E-state index in [1.54, 1.807) is 0 Å². The van der Waals surface area contributed by atoms with Crippen molar-refractivity contribution in [3.05, 3.63) is 102 Å². The molecule has 5 aromatic rings. The number of rotatable bonds is 1. The topological polar surface area (TPSA) is 12.5 Å². The van der Waals surface area contributed by atoms with Crippen molar-refractivity contribution >= 4 is 38.6 Å². The molecule has 6 rings (SSSR count). The summed E-state index contributed by atoms with van der Waals surface area (Å²) in [6.07, 6.45) is 0. The van der Waals surface area contributed by atoms with Crippen molar-refractivity contribution in [2.24, 2.45) is 0 Å². The van der Waals surface area contributed by atoms with Gasteiger partial charge in [-0.15, -0.1) is 0 Å². The van der Waals surface area contributed by atoms with E-state index in [2.05, 4.69) is 111 Å². The molecular weight excluding hydrogens is 378 g/mol. The highest BCUT2D eigenvalue weighted by Gasteiger charge is 2.31. The molecule has 1 aliphatic rings. The maximum atomic E-state index is 6.51. The minimum absolute atomic E-state index is 0.890. The fourth-order valence-corrected chi connectivity index (χ4v) is 5.08. The first-order chi connectivity index (χ1) is 15.1. The fourth-order valence-electron chi connectivity index (χ4n) is 5.08. The van der Waals surface area contributed by atoms with E-state index >= 15 is 0 Å². The summed E-state index contributed by atoms with van der Waals surface area (Å²) in [7, 11) is 0. The lowest BCUT2D eigenvalue weighted by Gasteiger charge is -2.36. The summed E-state index contributed by atoms with van der Waals surface area (Å²) in [6, 6.07) is 30.2. The van der Waals surface area contributed by atoms with Crippen LogP contribution in [0.3, 0.4) is 0 Å². The van der Waals surface area contributed by atoms with Gasteiger partial charge in [-0.3, -0.25) is 0 Å². The van der Waals surface area contributed by atoms with E-state index in [0.717, 1.165) is 22.9 Å². The number of hydrogen-bond donors (Lipinski definition) is 0. The van der Waals surface area contributed by atoms with Gasteiger partial charge in [-0.2, -0.15) is 0 Å². The molecule has 0 saturated carbocycles. The van der Waals surface area contributed by atoms with Crippen LogP contribution < -0.4 is 9.64 Å². The maximum Gasteiger partial charge on any atom is 0.152 e. The molecule has 0 radical (unpaired) electrons. The van der Waals surface area contributed by atoms with Crippen molar-refractivity contribution in [3.8, 4) is 11.5 Å². The zero-order valence-corrected chi connectivity index (χ0v) is 17.9. The summed E-state index contributed by atoms with van der Waals surface area (Å²) < 4.78 is 6.51. The van der Waals surface area contributed by atoms with Crippen LogP contribution in [-0.4, -0.2) is 0 Å². The number of fused-ring (bicyclic) bond motifs is 6. The summed E-state index contributed by atoms with van der Waals surface area (Å²) in [5.74, 6) is 1.78. The average molecular weight is 402 g/mol. The van der Waals surface area contributed by atoms with Gasteiger partial charge in [-0.1, -0.05) is 78.4 Å². The molecule has 1 aliphatic heterocycles. The van der Waals surface area contributed by atoms with Gasteiger partial charge < -0.3 is 9.64 Å². The van der Waals surface area contributed by atoms with Gasteiger partial charge in [0.05, 0.1) is 17.1 Å². The number of nitrogens with zero attached hydrogens (tertiary/aromatic N) is 1. The van der Waals surface area contributed by atoms with Crippen molar-refractivity contribution in [3.63, 3.8) is 0 Å². The van der Waals surface area contributed by atoms with Crippen molar-refractivity contribution in [2.45, 2.75) is 20.8 Å². The highest BCUT2D eigenvalue weighted by molar-refractivity contribution is 6.10. The molecule has 0 aliphatic carbocycles. The Morgan fingerprint density at radius 3 is 1.55 bits per heavy atom. The quantitative estimate of drug-likeness (QED) is 0.274. The van der Waals surface area contributed by atoms with Crippen LogP contribution in [0, 0.1) is 20.8 Å². The van der Waals surface area contributed by atoms with Crippen molar-refractivity contribution in [1.82, 2.24) is 0 Å². The predicted octanol–water partition coefficient (Wildman–Crippen LogP) is 8.49. The normalized spacial score (nSPS) is 12.5. The minimum atomic E-state index is 0.890. The Bertz CT molecular complexity index is 1390. The molecular formula is C29H23NO. The summed E-state index contributed by atoms with van der Waals surface area (Å²) in [5, 5.41) is 4.80. The van der Waals surface area contributed by atoms with Gasteiger partial charge in [0.1, 0.15) is 0 Å². The van der Waals surface area contributed by atoms with Crippen molar-refractivity contribution < 1.29 is 4.74 Å². The first-order valence-corrected chi connectivity index (χ1v) is 10.7. The number of ether oxygens (including phenoxy) is 1. The Hall–Kier alpha value is -3.78. The van der Waals surface area contributed by atoms with E-state index < -0.39 is 0 Å². The van der Waals surface area contributed by atoms with Crippen LogP contribution in [0.15, 0.2) is 84.9 Å². The monoisotopic (exact) mass is 401 g/mol. The lowest BCUT2D eigenvalue weighted by molar-refractivity contribution is 0.478. The Morgan fingerprint density at radius 2 is 1.03 bits per heavy atom. The van der Waals surface area contributed by atoms with Gasteiger partial charge in [0, 0.05) is 10.8 Å². The highest BCUT2D eigenvalue weighted by Crippen LogP contribution is 2.56. The molecule has 0 N–H and O–H groups in total. The van der Waals surface area contributed by atoms with Gasteiger partial charge in [0.2, 0.25) is 0 Å². The molecule has 0 atom stereocenters. The van der Waals surface area contributed by atoms with Crippen LogP contribution in [-0.2, 0) is 0 Å². The van der Waals surface area contributed by atoms with E-state index in [9.17, 15) is 0 Å². The summed E-state index contributed by atoms with van der Waals surface area (Å²) >= 11 is 0. The zero-order valence-electron chi connectivity index (χ0n) is 17.9. The van der Waals surface area contributed by atoms with Gasteiger partial charge in [-0.25, -0.2) is 0 Å². The third-order valence-corrected chi connectivity index (χ3v) is 6.25. The molecule has 0 unspecified atom stereocenters. The van der Waals surface area contributed by atoms with Crippen molar-refractivity contribution in [2.75, 3.05) is 4.90 Å². The lowest BCUT2D eigenvalue weighted by Crippen LogP contribution is -2.18. The van der Waals surface area contributed by atoms with E-state index in [4.69, 9.17) is 4.74 Å². The largest absolute Gasteiger partial charge is 0.453 e. The summed E-state index contributed by atoms with van der Waals surface area (Å²) in [6.45, 7) is 6.58. The molecule has 0 aromatic heterocycles. The van der Waals surface area contributed by atoms with Crippen LogP contribution in [0.1, 0.15) is 16.7 Å². The molecule has 31 heavy (non-hydrogen) atoms. The van der Waals surface area contributed by atoms with Crippen LogP contribution in [0.2, 0.25) is 0 Å². The van der Waals surface area contributed by atoms with Gasteiger partial charge >= 0.3 is 0 Å². The maximum absolute atomic E-state index is 6.51. The third kappa shape index (κ3) is 2.65. The smallest absolute Gasteiger partial charge is 0.152 e. The summed E-state index contributed by atoms with van der Waals surface area (Å²) in [4.78, 5) is 2.43. The first kappa shape index (κ1) is 18.0. The Labute approximate surface area is 182 Å². The molecule has 150 valence electrons.